The van der Waals surface area contributed by atoms with E-state index in [1.165, 1.54) is 0 Å². The van der Waals surface area contributed by atoms with Gasteiger partial charge in [0, 0.05) is 12.5 Å². The number of rotatable bonds is 7. The van der Waals surface area contributed by atoms with E-state index in [0.717, 1.165) is 19.3 Å². The lowest BCUT2D eigenvalue weighted by atomic mass is 9.84. The molecule has 3 N–H and O–H groups in total. The third kappa shape index (κ3) is 6.24. The van der Waals surface area contributed by atoms with Gasteiger partial charge in [0.25, 0.3) is 0 Å². The molecular weight excluding hydrogens is 281 g/mol. The number of halogens is 3. The predicted octanol–water partition coefficient (Wildman–Crippen LogP) is 3.38. The van der Waals surface area contributed by atoms with E-state index < -0.39 is 18.1 Å². The standard InChI is InChI=1S/C15H27F3N2O/c1-2-11(9-10-19)7-8-14(21)20-13-6-4-3-5-12(13)15(16,17)18/h11-13H,2-10,19H2,1H3,(H,20,21). The number of carbonyl (C=O) groups is 1. The molecule has 0 saturated heterocycles. The van der Waals surface area contributed by atoms with Crippen LogP contribution in [0.4, 0.5) is 13.2 Å². The van der Waals surface area contributed by atoms with Gasteiger partial charge in [-0.2, -0.15) is 13.2 Å². The number of hydrogen-bond acceptors (Lipinski definition) is 2. The van der Waals surface area contributed by atoms with Crippen LogP contribution in [0.3, 0.4) is 0 Å². The summed E-state index contributed by atoms with van der Waals surface area (Å²) < 4.78 is 38.8. The topological polar surface area (TPSA) is 55.1 Å². The van der Waals surface area contributed by atoms with Gasteiger partial charge in [0.2, 0.25) is 5.91 Å². The number of hydrogen-bond donors (Lipinski definition) is 2. The molecule has 0 aromatic rings. The highest BCUT2D eigenvalue weighted by Gasteiger charge is 2.45. The van der Waals surface area contributed by atoms with Crippen LogP contribution in [0.1, 0.15) is 58.3 Å². The van der Waals surface area contributed by atoms with E-state index in [0.29, 0.717) is 38.1 Å². The summed E-state index contributed by atoms with van der Waals surface area (Å²) >= 11 is 0. The second-order valence-electron chi connectivity index (χ2n) is 6.00. The third-order valence-electron chi connectivity index (χ3n) is 4.46. The first-order valence-electron chi connectivity index (χ1n) is 7.94. The lowest BCUT2D eigenvalue weighted by Crippen LogP contribution is -2.47. The van der Waals surface area contributed by atoms with E-state index in [2.05, 4.69) is 5.32 Å². The minimum Gasteiger partial charge on any atom is -0.353 e. The molecule has 0 aromatic heterocycles. The molecule has 1 fully saturated rings. The van der Waals surface area contributed by atoms with Crippen molar-refractivity contribution >= 4 is 5.91 Å². The Kier molecular flexibility index (Phi) is 7.49. The fraction of sp³-hybridized carbons (Fsp3) is 0.933. The Morgan fingerprint density at radius 2 is 1.95 bits per heavy atom. The Bertz CT molecular complexity index is 321. The average molecular weight is 308 g/mol. The van der Waals surface area contributed by atoms with Gasteiger partial charge in [0.1, 0.15) is 0 Å². The van der Waals surface area contributed by atoms with Crippen molar-refractivity contribution < 1.29 is 18.0 Å². The molecule has 21 heavy (non-hydrogen) atoms. The maximum absolute atomic E-state index is 12.9. The average Bonchev–Trinajstić information content (AvgIpc) is 2.43. The zero-order valence-corrected chi connectivity index (χ0v) is 12.7. The molecule has 1 aliphatic rings. The van der Waals surface area contributed by atoms with Crippen LogP contribution in [0, 0.1) is 11.8 Å². The lowest BCUT2D eigenvalue weighted by Gasteiger charge is -2.33. The highest BCUT2D eigenvalue weighted by Crippen LogP contribution is 2.37. The molecule has 124 valence electrons. The summed E-state index contributed by atoms with van der Waals surface area (Å²) in [5, 5.41) is 2.61. The van der Waals surface area contributed by atoms with Gasteiger partial charge in [-0.15, -0.1) is 0 Å². The van der Waals surface area contributed by atoms with Gasteiger partial charge in [0.15, 0.2) is 0 Å². The molecule has 1 aliphatic carbocycles. The monoisotopic (exact) mass is 308 g/mol. The SMILES string of the molecule is CCC(CCN)CCC(=O)NC1CCCCC1C(F)(F)F. The Labute approximate surface area is 124 Å². The molecular formula is C15H27F3N2O. The van der Waals surface area contributed by atoms with Crippen molar-refractivity contribution in [3.63, 3.8) is 0 Å². The van der Waals surface area contributed by atoms with Crippen molar-refractivity contribution in [3.8, 4) is 0 Å². The summed E-state index contributed by atoms with van der Waals surface area (Å²) in [6.07, 6.45) is 0.465. The molecule has 1 rings (SSSR count). The normalized spacial score (nSPS) is 24.6. The molecule has 0 spiro atoms. The summed E-state index contributed by atoms with van der Waals surface area (Å²) in [5.41, 5.74) is 5.50. The van der Waals surface area contributed by atoms with E-state index in [4.69, 9.17) is 5.73 Å². The number of amides is 1. The van der Waals surface area contributed by atoms with E-state index in [1.807, 2.05) is 6.92 Å². The predicted molar refractivity (Wildman–Crippen MR) is 76.6 cm³/mol. The van der Waals surface area contributed by atoms with Crippen LogP contribution < -0.4 is 11.1 Å². The summed E-state index contributed by atoms with van der Waals surface area (Å²) in [6, 6.07) is -0.749. The quantitative estimate of drug-likeness (QED) is 0.757. The van der Waals surface area contributed by atoms with E-state index in [9.17, 15) is 18.0 Å². The molecule has 6 heteroatoms. The summed E-state index contributed by atoms with van der Waals surface area (Å²) in [7, 11) is 0. The highest BCUT2D eigenvalue weighted by molar-refractivity contribution is 5.76. The van der Waals surface area contributed by atoms with Crippen LogP contribution in [0.5, 0.6) is 0 Å². The summed E-state index contributed by atoms with van der Waals surface area (Å²) in [5.74, 6) is -1.27. The van der Waals surface area contributed by atoms with Crippen molar-refractivity contribution in [1.82, 2.24) is 5.32 Å². The van der Waals surface area contributed by atoms with Gasteiger partial charge in [-0.25, -0.2) is 0 Å². The molecule has 0 aromatic carbocycles. The van der Waals surface area contributed by atoms with Crippen LogP contribution in [0.15, 0.2) is 0 Å². The van der Waals surface area contributed by atoms with Gasteiger partial charge in [-0.05, 0) is 38.1 Å². The summed E-state index contributed by atoms with van der Waals surface area (Å²) in [4.78, 5) is 11.9. The Morgan fingerprint density at radius 3 is 2.52 bits per heavy atom. The van der Waals surface area contributed by atoms with Gasteiger partial charge in [-0.1, -0.05) is 26.2 Å². The first-order chi connectivity index (χ1) is 9.88. The largest absolute Gasteiger partial charge is 0.393 e. The second-order valence-corrected chi connectivity index (χ2v) is 6.00. The maximum Gasteiger partial charge on any atom is 0.393 e. The van der Waals surface area contributed by atoms with Crippen molar-refractivity contribution in [2.45, 2.75) is 70.5 Å². The van der Waals surface area contributed by atoms with Gasteiger partial charge < -0.3 is 11.1 Å². The minimum absolute atomic E-state index is 0.124. The molecule has 1 amide bonds. The van der Waals surface area contributed by atoms with Crippen molar-refractivity contribution in [3.05, 3.63) is 0 Å². The van der Waals surface area contributed by atoms with Crippen LogP contribution >= 0.6 is 0 Å². The molecule has 3 atom stereocenters. The van der Waals surface area contributed by atoms with E-state index in [-0.39, 0.29) is 12.3 Å². The molecule has 0 heterocycles. The third-order valence-corrected chi connectivity index (χ3v) is 4.46. The molecule has 0 radical (unpaired) electrons. The summed E-state index contributed by atoms with van der Waals surface area (Å²) in [6.45, 7) is 2.62. The zero-order valence-electron chi connectivity index (χ0n) is 12.7. The lowest BCUT2D eigenvalue weighted by molar-refractivity contribution is -0.189. The second kappa shape index (κ2) is 8.61. The molecule has 3 unspecified atom stereocenters. The van der Waals surface area contributed by atoms with Crippen LogP contribution in [-0.2, 0) is 4.79 Å². The molecule has 1 saturated carbocycles. The first kappa shape index (κ1) is 18.3. The van der Waals surface area contributed by atoms with Crippen LogP contribution in [0.2, 0.25) is 0 Å². The first-order valence-corrected chi connectivity index (χ1v) is 7.94. The van der Waals surface area contributed by atoms with Crippen molar-refractivity contribution in [1.29, 1.82) is 0 Å². The van der Waals surface area contributed by atoms with Gasteiger partial charge in [-0.3, -0.25) is 4.79 Å². The minimum atomic E-state index is -4.22. The Hall–Kier alpha value is -0.780. The number of nitrogens with two attached hydrogens (primary N) is 1. The Morgan fingerprint density at radius 1 is 1.29 bits per heavy atom. The smallest absolute Gasteiger partial charge is 0.353 e. The van der Waals surface area contributed by atoms with Gasteiger partial charge in [0.05, 0.1) is 5.92 Å². The fourth-order valence-electron chi connectivity index (χ4n) is 3.10. The van der Waals surface area contributed by atoms with Crippen molar-refractivity contribution in [2.24, 2.45) is 17.6 Å². The number of alkyl halides is 3. The van der Waals surface area contributed by atoms with Gasteiger partial charge >= 0.3 is 6.18 Å². The highest BCUT2D eigenvalue weighted by atomic mass is 19.4. The fourth-order valence-corrected chi connectivity index (χ4v) is 3.10. The zero-order chi connectivity index (χ0) is 15.9. The molecule has 0 bridgehead atoms. The van der Waals surface area contributed by atoms with Crippen LogP contribution in [-0.4, -0.2) is 24.7 Å². The molecule has 3 nitrogen and oxygen atoms in total. The van der Waals surface area contributed by atoms with E-state index >= 15 is 0 Å². The van der Waals surface area contributed by atoms with Crippen LogP contribution in [0.25, 0.3) is 0 Å². The Balaban J connectivity index is 2.44. The number of nitrogens with one attached hydrogen (secondary N) is 1. The van der Waals surface area contributed by atoms with Crippen molar-refractivity contribution in [2.75, 3.05) is 6.54 Å². The number of carbonyl (C=O) groups excluding carboxylic acids is 1. The maximum atomic E-state index is 12.9. The van der Waals surface area contributed by atoms with E-state index in [1.54, 1.807) is 0 Å². The molecule has 0 aliphatic heterocycles.